The highest BCUT2D eigenvalue weighted by Gasteiger charge is 2.07. The first-order valence-corrected chi connectivity index (χ1v) is 8.68. The number of halogens is 1. The second-order valence-corrected chi connectivity index (χ2v) is 6.08. The Morgan fingerprint density at radius 3 is 2.62 bits per heavy atom. The average molecular weight is 362 g/mol. The summed E-state index contributed by atoms with van der Waals surface area (Å²) in [5.41, 5.74) is 3.63. The van der Waals surface area contributed by atoms with E-state index < -0.39 is 5.91 Å². The summed E-state index contributed by atoms with van der Waals surface area (Å²) >= 11 is 7.47. The number of hydrazone groups is 1. The maximum atomic E-state index is 11.9. The smallest absolute Gasteiger partial charge is 0.259 e. The summed E-state index contributed by atoms with van der Waals surface area (Å²) in [6.45, 7) is -0.173. The predicted molar refractivity (Wildman–Crippen MR) is 97.7 cm³/mol. The van der Waals surface area contributed by atoms with E-state index in [1.807, 2.05) is 30.5 Å². The first-order valence-electron chi connectivity index (χ1n) is 7.08. The van der Waals surface area contributed by atoms with E-state index >= 15 is 0 Å². The van der Waals surface area contributed by atoms with E-state index in [4.69, 9.17) is 11.6 Å². The van der Waals surface area contributed by atoms with Gasteiger partial charge < -0.3 is 5.32 Å². The molecule has 0 heterocycles. The lowest BCUT2D eigenvalue weighted by molar-refractivity contribution is -0.120. The molecule has 124 valence electrons. The molecule has 0 radical (unpaired) electrons. The molecule has 0 saturated carbocycles. The third-order valence-electron chi connectivity index (χ3n) is 3.01. The highest BCUT2D eigenvalue weighted by molar-refractivity contribution is 7.98. The SMILES string of the molecule is CSc1ccc(/C=N\NC(=O)CNC(=O)c2cccc(Cl)c2)cc1. The molecule has 2 aromatic carbocycles. The first-order chi connectivity index (χ1) is 11.6. The molecule has 2 N–H and O–H groups in total. The lowest BCUT2D eigenvalue weighted by Crippen LogP contribution is -2.34. The summed E-state index contributed by atoms with van der Waals surface area (Å²) < 4.78 is 0. The van der Waals surface area contributed by atoms with Gasteiger partial charge in [0.15, 0.2) is 0 Å². The van der Waals surface area contributed by atoms with Crippen LogP contribution in [0.15, 0.2) is 58.5 Å². The van der Waals surface area contributed by atoms with Gasteiger partial charge in [0.1, 0.15) is 0 Å². The number of amides is 2. The monoisotopic (exact) mass is 361 g/mol. The minimum absolute atomic E-state index is 0.173. The molecule has 7 heteroatoms. The predicted octanol–water partition coefficient (Wildman–Crippen LogP) is 2.94. The van der Waals surface area contributed by atoms with Crippen molar-refractivity contribution < 1.29 is 9.59 Å². The van der Waals surface area contributed by atoms with E-state index in [0.717, 1.165) is 10.5 Å². The van der Waals surface area contributed by atoms with Crippen LogP contribution < -0.4 is 10.7 Å². The normalized spacial score (nSPS) is 10.6. The quantitative estimate of drug-likeness (QED) is 0.472. The fourth-order valence-corrected chi connectivity index (χ4v) is 2.40. The fourth-order valence-electron chi connectivity index (χ4n) is 1.80. The zero-order valence-electron chi connectivity index (χ0n) is 13.0. The Morgan fingerprint density at radius 1 is 1.21 bits per heavy atom. The molecule has 0 saturated heterocycles. The average Bonchev–Trinajstić information content (AvgIpc) is 2.60. The zero-order valence-corrected chi connectivity index (χ0v) is 14.5. The number of carbonyl (C=O) groups excluding carboxylic acids is 2. The third kappa shape index (κ3) is 5.72. The van der Waals surface area contributed by atoms with Gasteiger partial charge in [0, 0.05) is 15.5 Å². The Bertz CT molecular complexity index is 748. The number of hydrogen-bond acceptors (Lipinski definition) is 4. The van der Waals surface area contributed by atoms with Crippen LogP contribution in [0.2, 0.25) is 5.02 Å². The van der Waals surface area contributed by atoms with Gasteiger partial charge in [-0.15, -0.1) is 11.8 Å². The van der Waals surface area contributed by atoms with Gasteiger partial charge in [0.25, 0.3) is 11.8 Å². The molecular formula is C17H16ClN3O2S. The van der Waals surface area contributed by atoms with Gasteiger partial charge in [-0.1, -0.05) is 29.8 Å². The van der Waals surface area contributed by atoms with E-state index in [9.17, 15) is 9.59 Å². The highest BCUT2D eigenvalue weighted by atomic mass is 35.5. The van der Waals surface area contributed by atoms with Crippen molar-refractivity contribution in [3.63, 3.8) is 0 Å². The standard InChI is InChI=1S/C17H16ClN3O2S/c1-24-15-7-5-12(6-8-15)10-20-21-16(22)11-19-17(23)13-3-2-4-14(18)9-13/h2-10H,11H2,1H3,(H,19,23)(H,21,22)/b20-10-. The highest BCUT2D eigenvalue weighted by Crippen LogP contribution is 2.13. The van der Waals surface area contributed by atoms with Crippen molar-refractivity contribution >= 4 is 41.4 Å². The van der Waals surface area contributed by atoms with Crippen LogP contribution in [0.4, 0.5) is 0 Å². The summed E-state index contributed by atoms with van der Waals surface area (Å²) in [7, 11) is 0. The molecule has 0 aliphatic heterocycles. The number of thioether (sulfide) groups is 1. The van der Waals surface area contributed by atoms with E-state index in [0.29, 0.717) is 10.6 Å². The lowest BCUT2D eigenvalue weighted by Gasteiger charge is -2.04. The van der Waals surface area contributed by atoms with Gasteiger partial charge in [0.05, 0.1) is 12.8 Å². The van der Waals surface area contributed by atoms with Crippen LogP contribution in [-0.2, 0) is 4.79 Å². The molecule has 5 nitrogen and oxygen atoms in total. The second kappa shape index (κ2) is 9.10. The maximum Gasteiger partial charge on any atom is 0.259 e. The summed E-state index contributed by atoms with van der Waals surface area (Å²) in [4.78, 5) is 24.7. The topological polar surface area (TPSA) is 70.6 Å². The molecule has 0 unspecified atom stereocenters. The molecule has 0 bridgehead atoms. The molecule has 0 aromatic heterocycles. The van der Waals surface area contributed by atoms with Gasteiger partial charge in [0.2, 0.25) is 0 Å². The zero-order chi connectivity index (χ0) is 17.4. The summed E-state index contributed by atoms with van der Waals surface area (Å²) in [6, 6.07) is 14.2. The number of nitrogens with one attached hydrogen (secondary N) is 2. The van der Waals surface area contributed by atoms with Crippen molar-refractivity contribution in [1.29, 1.82) is 0 Å². The molecular weight excluding hydrogens is 346 g/mol. The van der Waals surface area contributed by atoms with Crippen LogP contribution >= 0.6 is 23.4 Å². The molecule has 2 amide bonds. The minimum Gasteiger partial charge on any atom is -0.343 e. The van der Waals surface area contributed by atoms with Crippen molar-refractivity contribution in [1.82, 2.24) is 10.7 Å². The fraction of sp³-hybridized carbons (Fsp3) is 0.118. The largest absolute Gasteiger partial charge is 0.343 e. The Labute approximate surface area is 149 Å². The van der Waals surface area contributed by atoms with E-state index in [-0.39, 0.29) is 12.5 Å². The summed E-state index contributed by atoms with van der Waals surface area (Å²) in [5, 5.41) is 6.82. The van der Waals surface area contributed by atoms with Crippen molar-refractivity contribution in [2.75, 3.05) is 12.8 Å². The second-order valence-electron chi connectivity index (χ2n) is 4.76. The number of nitrogens with zero attached hydrogens (tertiary/aromatic N) is 1. The van der Waals surface area contributed by atoms with E-state index in [1.54, 1.807) is 36.2 Å². The molecule has 0 atom stereocenters. The molecule has 0 spiro atoms. The number of rotatable bonds is 6. The van der Waals surface area contributed by atoms with Crippen LogP contribution in [0.5, 0.6) is 0 Å². The number of benzene rings is 2. The molecule has 2 aromatic rings. The van der Waals surface area contributed by atoms with E-state index in [2.05, 4.69) is 15.8 Å². The van der Waals surface area contributed by atoms with Crippen LogP contribution in [0.25, 0.3) is 0 Å². The maximum absolute atomic E-state index is 11.9. The Kier molecular flexibility index (Phi) is 6.84. The van der Waals surface area contributed by atoms with Gasteiger partial charge in [-0.3, -0.25) is 9.59 Å². The third-order valence-corrected chi connectivity index (χ3v) is 3.99. The van der Waals surface area contributed by atoms with Crippen LogP contribution in [-0.4, -0.2) is 30.8 Å². The lowest BCUT2D eigenvalue weighted by atomic mass is 10.2. The van der Waals surface area contributed by atoms with E-state index in [1.165, 1.54) is 6.07 Å². The van der Waals surface area contributed by atoms with Crippen LogP contribution in [0, 0.1) is 0 Å². The first kappa shape index (κ1) is 18.0. The minimum atomic E-state index is -0.414. The Hall–Kier alpha value is -2.31. The number of carbonyl (C=O) groups is 2. The molecule has 0 aliphatic rings. The van der Waals surface area contributed by atoms with Crippen LogP contribution in [0.1, 0.15) is 15.9 Å². The van der Waals surface area contributed by atoms with Crippen molar-refractivity contribution in [3.8, 4) is 0 Å². The molecule has 0 aliphatic carbocycles. The van der Waals surface area contributed by atoms with Gasteiger partial charge in [-0.05, 0) is 42.2 Å². The van der Waals surface area contributed by atoms with Gasteiger partial charge in [-0.2, -0.15) is 5.10 Å². The van der Waals surface area contributed by atoms with Gasteiger partial charge in [-0.25, -0.2) is 5.43 Å². The Morgan fingerprint density at radius 2 is 1.96 bits per heavy atom. The molecule has 2 rings (SSSR count). The number of hydrogen-bond donors (Lipinski definition) is 2. The van der Waals surface area contributed by atoms with Crippen LogP contribution in [0.3, 0.4) is 0 Å². The summed E-state index contributed by atoms with van der Waals surface area (Å²) in [6.07, 6.45) is 3.54. The molecule has 0 fully saturated rings. The van der Waals surface area contributed by atoms with Crippen molar-refractivity contribution in [3.05, 3.63) is 64.7 Å². The molecule has 24 heavy (non-hydrogen) atoms. The Balaban J connectivity index is 1.78. The van der Waals surface area contributed by atoms with Gasteiger partial charge >= 0.3 is 0 Å². The van der Waals surface area contributed by atoms with Crippen molar-refractivity contribution in [2.24, 2.45) is 5.10 Å². The van der Waals surface area contributed by atoms with Crippen molar-refractivity contribution in [2.45, 2.75) is 4.90 Å². The summed E-state index contributed by atoms with van der Waals surface area (Å²) in [5.74, 6) is -0.786.